The second-order valence-electron chi connectivity index (χ2n) is 3.24. The molecule has 0 aromatic heterocycles. The van der Waals surface area contributed by atoms with Gasteiger partial charge >= 0.3 is 23.7 Å². The van der Waals surface area contributed by atoms with Crippen molar-refractivity contribution >= 4 is 0 Å². The van der Waals surface area contributed by atoms with Gasteiger partial charge in [0.15, 0.2) is 0 Å². The van der Waals surface area contributed by atoms with Crippen molar-refractivity contribution in [3.8, 4) is 0 Å². The molecule has 0 unspecified atom stereocenters. The summed E-state index contributed by atoms with van der Waals surface area (Å²) < 4.78 is 75.8. The predicted molar refractivity (Wildman–Crippen MR) is 39.1 cm³/mol. The molecule has 16 heavy (non-hydrogen) atoms. The van der Waals surface area contributed by atoms with Crippen molar-refractivity contribution in [1.29, 1.82) is 0 Å². The first kappa shape index (κ1) is 15.5. The number of alkyl halides is 6. The zero-order chi connectivity index (χ0) is 13.4. The summed E-state index contributed by atoms with van der Waals surface area (Å²) in [4.78, 5) is 0. The number of rotatable bonds is 5. The van der Waals surface area contributed by atoms with Gasteiger partial charge in [0.25, 0.3) is 0 Å². The first-order chi connectivity index (χ1) is 6.81. The largest absolute Gasteiger partial charge is 0.395 e. The van der Waals surface area contributed by atoms with Gasteiger partial charge in [0.05, 0.1) is 0 Å². The van der Waals surface area contributed by atoms with E-state index in [0.717, 1.165) is 6.92 Å². The highest BCUT2D eigenvalue weighted by molar-refractivity contribution is 4.99. The van der Waals surface area contributed by atoms with Crippen molar-refractivity contribution in [2.75, 3.05) is 0 Å². The number of hydrogen-bond donors (Lipinski definition) is 3. The molecule has 0 aromatic rings. The molecule has 0 saturated heterocycles. The first-order valence-electron chi connectivity index (χ1n) is 4.12. The molecular formula is C7H10F6O3. The van der Waals surface area contributed by atoms with Crippen LogP contribution in [0.5, 0.6) is 0 Å². The van der Waals surface area contributed by atoms with Crippen LogP contribution in [-0.2, 0) is 0 Å². The molecule has 98 valence electrons. The van der Waals surface area contributed by atoms with Crippen LogP contribution in [0.15, 0.2) is 0 Å². The molecule has 0 aliphatic heterocycles. The van der Waals surface area contributed by atoms with Gasteiger partial charge < -0.3 is 15.3 Å². The van der Waals surface area contributed by atoms with E-state index in [9.17, 15) is 26.3 Å². The van der Waals surface area contributed by atoms with E-state index in [0.29, 0.717) is 0 Å². The normalized spacial score (nSPS) is 15.4. The van der Waals surface area contributed by atoms with E-state index in [1.54, 1.807) is 0 Å². The molecule has 9 heteroatoms. The number of halogens is 6. The van der Waals surface area contributed by atoms with Crippen molar-refractivity contribution in [1.82, 2.24) is 0 Å². The third-order valence-corrected chi connectivity index (χ3v) is 1.84. The molecule has 0 bridgehead atoms. The summed E-state index contributed by atoms with van der Waals surface area (Å²) in [7, 11) is 0. The molecule has 0 aliphatic rings. The first-order valence-corrected chi connectivity index (χ1v) is 4.12. The molecule has 0 heterocycles. The van der Waals surface area contributed by atoms with Gasteiger partial charge in [0.1, 0.15) is 0 Å². The SMILES string of the molecule is CCCC(F)(F)C(F)(F)C(F)(F)C(O)(O)O. The summed E-state index contributed by atoms with van der Waals surface area (Å²) in [5.41, 5.74) is 0. The average Bonchev–Trinajstić information content (AvgIpc) is 2.01. The molecule has 0 saturated carbocycles. The summed E-state index contributed by atoms with van der Waals surface area (Å²) >= 11 is 0. The summed E-state index contributed by atoms with van der Waals surface area (Å²) in [5.74, 6) is -22.6. The van der Waals surface area contributed by atoms with E-state index in [1.165, 1.54) is 0 Å². The number of hydrogen-bond acceptors (Lipinski definition) is 3. The highest BCUT2D eigenvalue weighted by Crippen LogP contribution is 2.50. The van der Waals surface area contributed by atoms with E-state index >= 15 is 0 Å². The van der Waals surface area contributed by atoms with E-state index in [1.807, 2.05) is 0 Å². The van der Waals surface area contributed by atoms with E-state index in [4.69, 9.17) is 15.3 Å². The fourth-order valence-corrected chi connectivity index (χ4v) is 0.911. The summed E-state index contributed by atoms with van der Waals surface area (Å²) in [6, 6.07) is 0. The van der Waals surface area contributed by atoms with Crippen LogP contribution in [0.25, 0.3) is 0 Å². The van der Waals surface area contributed by atoms with Gasteiger partial charge in [0.2, 0.25) is 0 Å². The van der Waals surface area contributed by atoms with Crippen LogP contribution in [0, 0.1) is 0 Å². The van der Waals surface area contributed by atoms with Crippen LogP contribution in [0.2, 0.25) is 0 Å². The Balaban J connectivity index is 5.34. The van der Waals surface area contributed by atoms with Crippen LogP contribution in [0.1, 0.15) is 19.8 Å². The molecule has 3 N–H and O–H groups in total. The average molecular weight is 256 g/mol. The Kier molecular flexibility index (Phi) is 3.91. The Morgan fingerprint density at radius 2 is 1.19 bits per heavy atom. The van der Waals surface area contributed by atoms with Crippen molar-refractivity contribution in [3.63, 3.8) is 0 Å². The van der Waals surface area contributed by atoms with Crippen LogP contribution >= 0.6 is 0 Å². The van der Waals surface area contributed by atoms with Crippen molar-refractivity contribution in [2.45, 2.75) is 43.5 Å². The molecule has 0 atom stereocenters. The molecular weight excluding hydrogens is 246 g/mol. The number of aliphatic hydroxyl groups is 3. The fourth-order valence-electron chi connectivity index (χ4n) is 0.911. The van der Waals surface area contributed by atoms with E-state index in [-0.39, 0.29) is 0 Å². The Morgan fingerprint density at radius 1 is 0.812 bits per heavy atom. The Hall–Kier alpha value is -0.540. The summed E-state index contributed by atoms with van der Waals surface area (Å²) in [6.45, 7) is 1.05. The van der Waals surface area contributed by atoms with Crippen LogP contribution in [0.3, 0.4) is 0 Å². The molecule has 0 radical (unpaired) electrons. The van der Waals surface area contributed by atoms with Gasteiger partial charge in [-0.3, -0.25) is 0 Å². The standard InChI is InChI=1S/C7H10F6O3/c1-2-3-4(8,9)5(10,11)6(12,13)7(14,15)16/h14-16H,2-3H2,1H3. The van der Waals surface area contributed by atoms with E-state index < -0.39 is 36.6 Å². The Bertz CT molecular complexity index is 247. The highest BCUT2D eigenvalue weighted by atomic mass is 19.3. The highest BCUT2D eigenvalue weighted by Gasteiger charge is 2.78. The third kappa shape index (κ3) is 2.25. The molecule has 3 nitrogen and oxygen atoms in total. The zero-order valence-electron chi connectivity index (χ0n) is 8.02. The summed E-state index contributed by atoms with van der Waals surface area (Å²) in [5, 5.41) is 23.9. The maximum atomic E-state index is 12.7. The Morgan fingerprint density at radius 3 is 1.44 bits per heavy atom. The second-order valence-corrected chi connectivity index (χ2v) is 3.24. The molecule has 0 spiro atoms. The monoisotopic (exact) mass is 256 g/mol. The van der Waals surface area contributed by atoms with Gasteiger partial charge in [-0.25, -0.2) is 0 Å². The van der Waals surface area contributed by atoms with Gasteiger partial charge in [-0.2, -0.15) is 26.3 Å². The molecule has 0 aliphatic carbocycles. The maximum absolute atomic E-state index is 12.7. The van der Waals surface area contributed by atoms with E-state index in [2.05, 4.69) is 0 Å². The van der Waals surface area contributed by atoms with Crippen molar-refractivity contribution in [2.24, 2.45) is 0 Å². The minimum Gasteiger partial charge on any atom is -0.339 e. The predicted octanol–water partition coefficient (Wildman–Crippen LogP) is 1.32. The summed E-state index contributed by atoms with van der Waals surface area (Å²) in [6.07, 6.45) is -2.13. The third-order valence-electron chi connectivity index (χ3n) is 1.84. The van der Waals surface area contributed by atoms with Crippen LogP contribution in [0.4, 0.5) is 26.3 Å². The maximum Gasteiger partial charge on any atom is 0.395 e. The second kappa shape index (κ2) is 4.04. The lowest BCUT2D eigenvalue weighted by atomic mass is 9.99. The lowest BCUT2D eigenvalue weighted by Gasteiger charge is -2.36. The quantitative estimate of drug-likeness (QED) is 0.513. The minimum atomic E-state index is -6.10. The lowest BCUT2D eigenvalue weighted by molar-refractivity contribution is -0.465. The molecule has 0 fully saturated rings. The Labute approximate surface area is 86.3 Å². The van der Waals surface area contributed by atoms with Gasteiger partial charge in [-0.15, -0.1) is 0 Å². The fraction of sp³-hybridized carbons (Fsp3) is 1.00. The molecule has 0 aromatic carbocycles. The van der Waals surface area contributed by atoms with Gasteiger partial charge in [-0.1, -0.05) is 13.3 Å². The smallest absolute Gasteiger partial charge is 0.339 e. The van der Waals surface area contributed by atoms with Gasteiger partial charge in [-0.05, 0) is 0 Å². The topological polar surface area (TPSA) is 60.7 Å². The molecule has 0 amide bonds. The molecule has 0 rings (SSSR count). The van der Waals surface area contributed by atoms with Gasteiger partial charge in [0, 0.05) is 6.42 Å². The lowest BCUT2D eigenvalue weighted by Crippen LogP contribution is -2.65. The van der Waals surface area contributed by atoms with Crippen LogP contribution in [-0.4, -0.2) is 39.1 Å². The minimum absolute atomic E-state index is 0.534. The van der Waals surface area contributed by atoms with Crippen LogP contribution < -0.4 is 0 Å². The van der Waals surface area contributed by atoms with Crippen molar-refractivity contribution in [3.05, 3.63) is 0 Å². The van der Waals surface area contributed by atoms with Crippen molar-refractivity contribution < 1.29 is 41.7 Å². The zero-order valence-corrected chi connectivity index (χ0v) is 8.02.